The number of hydrogen-bond acceptors (Lipinski definition) is 7. The molecule has 0 unspecified atom stereocenters. The summed E-state index contributed by atoms with van der Waals surface area (Å²) in [6.45, 7) is 5.37. The zero-order chi connectivity index (χ0) is 24.9. The standard InChI is InChI=1S/C27H27N5O3S/c1-18(2)25(20-11-12-23-24(16-20)35-14-7-13-34-23)28-27(33)22(17-21-10-6-15-36-21)32-26(29-30-31-32)19-8-4-3-5-9-19/h3-6,8-12,15-18,25H,7,13-14H2,1-2H3,(H,28,33)/b22-17+/t25-/m1/s1. The molecule has 1 aliphatic heterocycles. The number of fused-ring (bicyclic) bond motifs is 1. The molecule has 2 aromatic heterocycles. The van der Waals surface area contributed by atoms with E-state index < -0.39 is 0 Å². The van der Waals surface area contributed by atoms with Gasteiger partial charge in [-0.3, -0.25) is 4.79 Å². The van der Waals surface area contributed by atoms with Crippen molar-refractivity contribution in [2.75, 3.05) is 13.2 Å². The van der Waals surface area contributed by atoms with Gasteiger partial charge in [0.05, 0.1) is 19.3 Å². The Bertz CT molecular complexity index is 1350. The van der Waals surface area contributed by atoms with Gasteiger partial charge >= 0.3 is 0 Å². The van der Waals surface area contributed by atoms with Crippen LogP contribution in [-0.4, -0.2) is 39.3 Å². The van der Waals surface area contributed by atoms with Crippen molar-refractivity contribution in [3.8, 4) is 22.9 Å². The van der Waals surface area contributed by atoms with E-state index in [-0.39, 0.29) is 17.9 Å². The number of benzene rings is 2. The lowest BCUT2D eigenvalue weighted by molar-refractivity contribution is -0.117. The third-order valence-electron chi connectivity index (χ3n) is 5.87. The van der Waals surface area contributed by atoms with Crippen LogP contribution in [0.15, 0.2) is 66.0 Å². The topological polar surface area (TPSA) is 91.2 Å². The third-order valence-corrected chi connectivity index (χ3v) is 6.69. The number of aromatic nitrogens is 4. The highest BCUT2D eigenvalue weighted by molar-refractivity contribution is 7.10. The molecule has 3 heterocycles. The van der Waals surface area contributed by atoms with E-state index in [9.17, 15) is 4.79 Å². The molecule has 0 radical (unpaired) electrons. The van der Waals surface area contributed by atoms with Crippen LogP contribution in [0.2, 0.25) is 0 Å². The van der Waals surface area contributed by atoms with Gasteiger partial charge in [0.2, 0.25) is 0 Å². The highest BCUT2D eigenvalue weighted by Crippen LogP contribution is 2.34. The lowest BCUT2D eigenvalue weighted by Gasteiger charge is -2.24. The number of tetrazole rings is 1. The van der Waals surface area contributed by atoms with Crippen LogP contribution >= 0.6 is 11.3 Å². The van der Waals surface area contributed by atoms with Crippen molar-refractivity contribution in [1.82, 2.24) is 25.5 Å². The fourth-order valence-corrected chi connectivity index (χ4v) is 4.72. The van der Waals surface area contributed by atoms with Gasteiger partial charge in [0, 0.05) is 16.9 Å². The van der Waals surface area contributed by atoms with Crippen LogP contribution in [0.3, 0.4) is 0 Å². The summed E-state index contributed by atoms with van der Waals surface area (Å²) >= 11 is 1.54. The molecule has 0 fully saturated rings. The molecule has 8 nitrogen and oxygen atoms in total. The Balaban J connectivity index is 1.50. The van der Waals surface area contributed by atoms with Crippen molar-refractivity contribution < 1.29 is 14.3 Å². The molecule has 4 aromatic rings. The van der Waals surface area contributed by atoms with E-state index in [4.69, 9.17) is 9.47 Å². The Morgan fingerprint density at radius 3 is 2.61 bits per heavy atom. The van der Waals surface area contributed by atoms with Crippen molar-refractivity contribution in [1.29, 1.82) is 0 Å². The number of amides is 1. The Kier molecular flexibility index (Phi) is 7.08. The van der Waals surface area contributed by atoms with Crippen LogP contribution in [-0.2, 0) is 4.79 Å². The van der Waals surface area contributed by atoms with Gasteiger partial charge in [-0.15, -0.1) is 16.4 Å². The molecule has 0 aliphatic carbocycles. The number of nitrogens with one attached hydrogen (secondary N) is 1. The second-order valence-electron chi connectivity index (χ2n) is 8.78. The Hall–Kier alpha value is -3.98. The normalized spacial score (nSPS) is 14.4. The summed E-state index contributed by atoms with van der Waals surface area (Å²) in [6, 6.07) is 19.1. The first-order chi connectivity index (χ1) is 17.6. The van der Waals surface area contributed by atoms with Gasteiger partial charge in [-0.05, 0) is 51.6 Å². The maximum atomic E-state index is 13.8. The van der Waals surface area contributed by atoms with E-state index in [0.717, 1.165) is 28.2 Å². The average Bonchev–Trinajstić information content (AvgIpc) is 3.53. The molecule has 1 N–H and O–H groups in total. The van der Waals surface area contributed by atoms with Crippen LogP contribution in [0.4, 0.5) is 0 Å². The zero-order valence-electron chi connectivity index (χ0n) is 20.1. The number of ether oxygens (including phenoxy) is 2. The van der Waals surface area contributed by atoms with E-state index in [1.54, 1.807) is 0 Å². The van der Waals surface area contributed by atoms with Gasteiger partial charge in [-0.25, -0.2) is 0 Å². The minimum absolute atomic E-state index is 0.115. The van der Waals surface area contributed by atoms with Gasteiger partial charge in [-0.1, -0.05) is 56.3 Å². The van der Waals surface area contributed by atoms with Gasteiger partial charge in [0.1, 0.15) is 5.70 Å². The Labute approximate surface area is 213 Å². The van der Waals surface area contributed by atoms with Crippen molar-refractivity contribution in [3.63, 3.8) is 0 Å². The Morgan fingerprint density at radius 2 is 1.86 bits per heavy atom. The van der Waals surface area contributed by atoms with Crippen LogP contribution in [0.5, 0.6) is 11.5 Å². The number of nitrogens with zero attached hydrogens (tertiary/aromatic N) is 4. The summed E-state index contributed by atoms with van der Waals surface area (Å²) < 4.78 is 13.2. The summed E-state index contributed by atoms with van der Waals surface area (Å²) in [4.78, 5) is 14.8. The number of rotatable bonds is 7. The first kappa shape index (κ1) is 23.7. The monoisotopic (exact) mass is 501 g/mol. The van der Waals surface area contributed by atoms with E-state index in [0.29, 0.717) is 30.5 Å². The molecule has 1 amide bonds. The maximum Gasteiger partial charge on any atom is 0.270 e. The lowest BCUT2D eigenvalue weighted by atomic mass is 9.95. The fraction of sp³-hybridized carbons (Fsp3) is 0.259. The molecule has 9 heteroatoms. The molecular weight excluding hydrogens is 474 g/mol. The molecule has 36 heavy (non-hydrogen) atoms. The van der Waals surface area contributed by atoms with Crippen molar-refractivity contribution in [2.45, 2.75) is 26.3 Å². The summed E-state index contributed by atoms with van der Waals surface area (Å²) in [5, 5.41) is 17.4. The third kappa shape index (κ3) is 5.16. The van der Waals surface area contributed by atoms with Crippen LogP contribution in [0.25, 0.3) is 23.2 Å². The van der Waals surface area contributed by atoms with Crippen molar-refractivity contribution >= 4 is 29.0 Å². The molecule has 0 spiro atoms. The lowest BCUT2D eigenvalue weighted by Crippen LogP contribution is -2.34. The van der Waals surface area contributed by atoms with E-state index in [1.165, 1.54) is 16.0 Å². The van der Waals surface area contributed by atoms with Crippen molar-refractivity contribution in [2.24, 2.45) is 5.92 Å². The predicted octanol–water partition coefficient (Wildman–Crippen LogP) is 5.07. The van der Waals surface area contributed by atoms with Crippen LogP contribution in [0, 0.1) is 5.92 Å². The predicted molar refractivity (Wildman–Crippen MR) is 140 cm³/mol. The van der Waals surface area contributed by atoms with Crippen molar-refractivity contribution in [3.05, 3.63) is 76.5 Å². The quantitative estimate of drug-likeness (QED) is 0.355. The molecule has 0 saturated carbocycles. The minimum Gasteiger partial charge on any atom is -0.490 e. The number of carbonyl (C=O) groups is 1. The average molecular weight is 502 g/mol. The number of hydrogen-bond donors (Lipinski definition) is 1. The number of carbonyl (C=O) groups excluding carboxylic acids is 1. The Morgan fingerprint density at radius 1 is 1.06 bits per heavy atom. The fourth-order valence-electron chi connectivity index (χ4n) is 4.07. The number of thiophene rings is 1. The molecule has 1 aliphatic rings. The zero-order valence-corrected chi connectivity index (χ0v) is 20.9. The minimum atomic E-state index is -0.279. The SMILES string of the molecule is CC(C)[C@@H](NC(=O)/C(=C\c1cccs1)n1nnnc1-c1ccccc1)c1ccc2c(c1)OCCCO2. The second kappa shape index (κ2) is 10.7. The van der Waals surface area contributed by atoms with Gasteiger partial charge in [0.15, 0.2) is 17.3 Å². The summed E-state index contributed by atoms with van der Waals surface area (Å²) in [7, 11) is 0. The highest BCUT2D eigenvalue weighted by Gasteiger charge is 2.25. The molecular formula is C27H27N5O3S. The van der Waals surface area contributed by atoms with Crippen LogP contribution < -0.4 is 14.8 Å². The van der Waals surface area contributed by atoms with E-state index in [1.807, 2.05) is 72.1 Å². The summed E-state index contributed by atoms with van der Waals surface area (Å²) in [5.74, 6) is 1.75. The molecule has 5 rings (SSSR count). The molecule has 184 valence electrons. The van der Waals surface area contributed by atoms with E-state index >= 15 is 0 Å². The largest absolute Gasteiger partial charge is 0.490 e. The first-order valence-corrected chi connectivity index (χ1v) is 12.8. The smallest absolute Gasteiger partial charge is 0.270 e. The molecule has 2 aromatic carbocycles. The maximum absolute atomic E-state index is 13.8. The van der Waals surface area contributed by atoms with Gasteiger partial charge < -0.3 is 14.8 Å². The highest BCUT2D eigenvalue weighted by atomic mass is 32.1. The molecule has 0 saturated heterocycles. The second-order valence-corrected chi connectivity index (χ2v) is 9.76. The molecule has 0 bridgehead atoms. The first-order valence-electron chi connectivity index (χ1n) is 11.9. The van der Waals surface area contributed by atoms with Gasteiger partial charge in [-0.2, -0.15) is 4.68 Å². The van der Waals surface area contributed by atoms with Crippen LogP contribution in [0.1, 0.15) is 36.8 Å². The molecule has 1 atom stereocenters. The summed E-state index contributed by atoms with van der Waals surface area (Å²) in [6.07, 6.45) is 2.65. The summed E-state index contributed by atoms with van der Waals surface area (Å²) in [5.41, 5.74) is 2.09. The van der Waals surface area contributed by atoms with E-state index in [2.05, 4.69) is 34.7 Å². The van der Waals surface area contributed by atoms with Gasteiger partial charge in [0.25, 0.3) is 5.91 Å².